The fraction of sp³-hybridized carbons (Fsp3) is 1.00. The zero-order valence-electron chi connectivity index (χ0n) is 9.11. The van der Waals surface area contributed by atoms with Crippen LogP contribution in [0.4, 0.5) is 0 Å². The zero-order chi connectivity index (χ0) is 9.61. The van der Waals surface area contributed by atoms with Crippen molar-refractivity contribution in [1.82, 2.24) is 5.32 Å². The van der Waals surface area contributed by atoms with E-state index in [4.69, 9.17) is 0 Å². The predicted molar refractivity (Wildman–Crippen MR) is 60.0 cm³/mol. The van der Waals surface area contributed by atoms with Crippen LogP contribution in [0.25, 0.3) is 0 Å². The Morgan fingerprint density at radius 1 is 1.33 bits per heavy atom. The van der Waals surface area contributed by atoms with Crippen LogP contribution in [0.15, 0.2) is 0 Å². The summed E-state index contributed by atoms with van der Waals surface area (Å²) < 4.78 is 0.423. The second kappa shape index (κ2) is 5.87. The second-order valence-electron chi connectivity index (χ2n) is 4.21. The van der Waals surface area contributed by atoms with Crippen LogP contribution in [-0.2, 0) is 0 Å². The van der Waals surface area contributed by atoms with Crippen molar-refractivity contribution in [2.45, 2.75) is 51.8 Å². The quantitative estimate of drug-likeness (QED) is 0.713. The first kappa shape index (κ1) is 12.3. The lowest BCUT2D eigenvalue weighted by Crippen LogP contribution is -2.26. The molecule has 0 aromatic heterocycles. The molecule has 74 valence electrons. The van der Waals surface area contributed by atoms with Gasteiger partial charge in [0, 0.05) is 10.8 Å². The molecule has 0 rings (SSSR count). The third-order valence-electron chi connectivity index (χ3n) is 1.64. The number of hydrogen-bond acceptors (Lipinski definition) is 2. The van der Waals surface area contributed by atoms with E-state index >= 15 is 0 Å². The van der Waals surface area contributed by atoms with Gasteiger partial charge in [0.15, 0.2) is 0 Å². The average molecular weight is 189 g/mol. The van der Waals surface area contributed by atoms with E-state index in [0.717, 1.165) is 6.54 Å². The first-order valence-electron chi connectivity index (χ1n) is 4.83. The molecule has 0 spiro atoms. The van der Waals surface area contributed by atoms with Crippen molar-refractivity contribution in [3.8, 4) is 0 Å². The van der Waals surface area contributed by atoms with Gasteiger partial charge in [-0.2, -0.15) is 11.8 Å². The predicted octanol–water partition coefficient (Wildman–Crippen LogP) is 2.91. The van der Waals surface area contributed by atoms with E-state index in [-0.39, 0.29) is 0 Å². The highest BCUT2D eigenvalue weighted by Gasteiger charge is 2.10. The molecule has 0 aliphatic heterocycles. The van der Waals surface area contributed by atoms with Gasteiger partial charge in [0.1, 0.15) is 0 Å². The lowest BCUT2D eigenvalue weighted by Gasteiger charge is -2.19. The molecule has 2 heteroatoms. The molecule has 0 aliphatic carbocycles. The molecule has 1 atom stereocenters. The molecule has 1 unspecified atom stereocenters. The van der Waals surface area contributed by atoms with Crippen molar-refractivity contribution in [2.24, 2.45) is 0 Å². The average Bonchev–Trinajstić information content (AvgIpc) is 1.84. The zero-order valence-corrected chi connectivity index (χ0v) is 9.92. The van der Waals surface area contributed by atoms with E-state index in [2.05, 4.69) is 39.9 Å². The van der Waals surface area contributed by atoms with E-state index in [1.165, 1.54) is 12.2 Å². The maximum absolute atomic E-state index is 3.42. The molecule has 0 saturated carbocycles. The summed E-state index contributed by atoms with van der Waals surface area (Å²) in [6.07, 6.45) is 1.27. The molecule has 0 fully saturated rings. The molecule has 0 aromatic carbocycles. The Morgan fingerprint density at radius 3 is 2.33 bits per heavy atom. The fourth-order valence-corrected chi connectivity index (χ4v) is 2.08. The summed E-state index contributed by atoms with van der Waals surface area (Å²) in [6, 6.07) is 0.671. The van der Waals surface area contributed by atoms with Crippen LogP contribution in [0.2, 0.25) is 0 Å². The summed E-state index contributed by atoms with van der Waals surface area (Å²) in [7, 11) is 0. The van der Waals surface area contributed by atoms with Crippen LogP contribution in [-0.4, -0.2) is 23.1 Å². The van der Waals surface area contributed by atoms with Crippen molar-refractivity contribution >= 4 is 11.8 Å². The third kappa shape index (κ3) is 8.41. The van der Waals surface area contributed by atoms with Gasteiger partial charge < -0.3 is 5.32 Å². The molecule has 1 N–H and O–H groups in total. The van der Waals surface area contributed by atoms with Gasteiger partial charge in [-0.05, 0) is 25.6 Å². The van der Waals surface area contributed by atoms with E-state index in [1.54, 1.807) is 0 Å². The largest absolute Gasteiger partial charge is 0.315 e. The van der Waals surface area contributed by atoms with Gasteiger partial charge in [0.05, 0.1) is 0 Å². The summed E-state index contributed by atoms with van der Waals surface area (Å²) in [5.41, 5.74) is 0. The summed E-state index contributed by atoms with van der Waals surface area (Å²) in [5, 5.41) is 3.42. The number of nitrogens with one attached hydrogen (secondary N) is 1. The van der Waals surface area contributed by atoms with E-state index in [1.807, 2.05) is 11.8 Å². The molecule has 0 saturated heterocycles. The minimum atomic E-state index is 0.423. The normalized spacial score (nSPS) is 14.8. The standard InChI is InChI=1S/C10H23NS/c1-6-11-9(2)7-8-12-10(3,4)5/h9,11H,6-8H2,1-5H3. The van der Waals surface area contributed by atoms with Gasteiger partial charge in [-0.1, -0.05) is 27.7 Å². The van der Waals surface area contributed by atoms with Crippen LogP contribution in [0.3, 0.4) is 0 Å². The monoisotopic (exact) mass is 189 g/mol. The highest BCUT2D eigenvalue weighted by Crippen LogP contribution is 2.23. The van der Waals surface area contributed by atoms with Crippen LogP contribution < -0.4 is 5.32 Å². The molecular weight excluding hydrogens is 166 g/mol. The molecule has 0 radical (unpaired) electrons. The second-order valence-corrected chi connectivity index (χ2v) is 6.13. The Labute approximate surface area is 81.7 Å². The van der Waals surface area contributed by atoms with Crippen LogP contribution in [0, 0.1) is 0 Å². The number of hydrogen-bond donors (Lipinski definition) is 1. The molecule has 0 bridgehead atoms. The molecule has 0 heterocycles. The fourth-order valence-electron chi connectivity index (χ4n) is 0.992. The molecule has 1 nitrogen and oxygen atoms in total. The smallest absolute Gasteiger partial charge is 0.00751 e. The highest BCUT2D eigenvalue weighted by atomic mass is 32.2. The van der Waals surface area contributed by atoms with Crippen molar-refractivity contribution in [3.05, 3.63) is 0 Å². The molecule has 0 aliphatic rings. The van der Waals surface area contributed by atoms with Crippen LogP contribution in [0.5, 0.6) is 0 Å². The van der Waals surface area contributed by atoms with Crippen LogP contribution >= 0.6 is 11.8 Å². The topological polar surface area (TPSA) is 12.0 Å². The van der Waals surface area contributed by atoms with Crippen LogP contribution in [0.1, 0.15) is 41.0 Å². The SMILES string of the molecule is CCNC(C)CCSC(C)(C)C. The molecule has 12 heavy (non-hydrogen) atoms. The van der Waals surface area contributed by atoms with Gasteiger partial charge in [0.2, 0.25) is 0 Å². The minimum absolute atomic E-state index is 0.423. The Balaban J connectivity index is 3.31. The van der Waals surface area contributed by atoms with Crippen molar-refractivity contribution in [1.29, 1.82) is 0 Å². The lowest BCUT2D eigenvalue weighted by atomic mass is 10.2. The third-order valence-corrected chi connectivity index (χ3v) is 2.94. The Bertz CT molecular complexity index is 107. The number of rotatable bonds is 5. The molecule has 0 aromatic rings. The first-order chi connectivity index (χ1) is 5.45. The van der Waals surface area contributed by atoms with Gasteiger partial charge in [0.25, 0.3) is 0 Å². The maximum atomic E-state index is 3.42. The highest BCUT2D eigenvalue weighted by molar-refractivity contribution is 8.00. The summed E-state index contributed by atoms with van der Waals surface area (Å²) >= 11 is 2.05. The number of thioether (sulfide) groups is 1. The van der Waals surface area contributed by atoms with E-state index in [9.17, 15) is 0 Å². The Kier molecular flexibility index (Phi) is 6.02. The summed E-state index contributed by atoms with van der Waals surface area (Å²) in [6.45, 7) is 12.3. The maximum Gasteiger partial charge on any atom is 0.00751 e. The van der Waals surface area contributed by atoms with Crippen molar-refractivity contribution in [3.63, 3.8) is 0 Å². The van der Waals surface area contributed by atoms with Gasteiger partial charge in [-0.25, -0.2) is 0 Å². The summed E-state index contributed by atoms with van der Waals surface area (Å²) in [5.74, 6) is 1.26. The Morgan fingerprint density at radius 2 is 1.92 bits per heavy atom. The van der Waals surface area contributed by atoms with Crippen molar-refractivity contribution < 1.29 is 0 Å². The molecule has 0 amide bonds. The lowest BCUT2D eigenvalue weighted by molar-refractivity contribution is 0.555. The van der Waals surface area contributed by atoms with Gasteiger partial charge in [-0.15, -0.1) is 0 Å². The summed E-state index contributed by atoms with van der Waals surface area (Å²) in [4.78, 5) is 0. The van der Waals surface area contributed by atoms with Gasteiger partial charge in [-0.3, -0.25) is 0 Å². The van der Waals surface area contributed by atoms with Gasteiger partial charge >= 0.3 is 0 Å². The minimum Gasteiger partial charge on any atom is -0.315 e. The van der Waals surface area contributed by atoms with E-state index in [0.29, 0.717) is 10.8 Å². The Hall–Kier alpha value is 0.310. The first-order valence-corrected chi connectivity index (χ1v) is 5.81. The van der Waals surface area contributed by atoms with Crippen molar-refractivity contribution in [2.75, 3.05) is 12.3 Å². The molecular formula is C10H23NS. The van der Waals surface area contributed by atoms with E-state index < -0.39 is 0 Å².